The van der Waals surface area contributed by atoms with E-state index in [2.05, 4.69) is 34.5 Å². The average Bonchev–Trinajstić information content (AvgIpc) is 2.73. The van der Waals surface area contributed by atoms with Gasteiger partial charge in [0, 0.05) is 42.3 Å². The van der Waals surface area contributed by atoms with Crippen molar-refractivity contribution in [3.8, 4) is 5.75 Å². The summed E-state index contributed by atoms with van der Waals surface area (Å²) in [6.07, 6.45) is 6.52. The van der Waals surface area contributed by atoms with Crippen molar-refractivity contribution in [1.29, 1.82) is 0 Å². The monoisotopic (exact) mass is 508 g/mol. The second-order valence-corrected chi connectivity index (χ2v) is 8.64. The van der Waals surface area contributed by atoms with E-state index in [0.29, 0.717) is 17.7 Å². The van der Waals surface area contributed by atoms with Crippen molar-refractivity contribution in [3.63, 3.8) is 0 Å². The Hall–Kier alpha value is -1.82. The van der Waals surface area contributed by atoms with Crippen LogP contribution in [0.2, 0.25) is 0 Å². The number of halogens is 2. The van der Waals surface area contributed by atoms with Gasteiger partial charge in [-0.15, -0.1) is 19.0 Å². The molecule has 0 unspecified atom stereocenters. The van der Waals surface area contributed by atoms with Crippen LogP contribution in [0.4, 0.5) is 5.69 Å². The molecule has 0 aromatic heterocycles. The number of hydrogen-bond donors (Lipinski definition) is 0. The van der Waals surface area contributed by atoms with Gasteiger partial charge >= 0.3 is 0 Å². The average molecular weight is 510 g/mol. The Morgan fingerprint density at radius 3 is 2.35 bits per heavy atom. The van der Waals surface area contributed by atoms with E-state index in [1.54, 1.807) is 0 Å². The highest BCUT2D eigenvalue weighted by molar-refractivity contribution is 9.10. The molecule has 170 valence electrons. The molecule has 0 amide bonds. The van der Waals surface area contributed by atoms with Gasteiger partial charge < -0.3 is 14.5 Å². The molecule has 0 heterocycles. The number of ketones is 1. The highest BCUT2D eigenvalue weighted by atomic mass is 79.9. The van der Waals surface area contributed by atoms with Gasteiger partial charge in [-0.2, -0.15) is 0 Å². The van der Waals surface area contributed by atoms with Crippen molar-refractivity contribution in [2.45, 2.75) is 25.7 Å². The van der Waals surface area contributed by atoms with E-state index in [1.807, 2.05) is 67.5 Å². The molecule has 0 aliphatic rings. The zero-order valence-corrected chi connectivity index (χ0v) is 21.2. The van der Waals surface area contributed by atoms with Crippen molar-refractivity contribution in [1.82, 2.24) is 4.90 Å². The van der Waals surface area contributed by atoms with Crippen molar-refractivity contribution >= 4 is 39.8 Å². The molecule has 0 spiro atoms. The fourth-order valence-corrected chi connectivity index (χ4v) is 3.52. The summed E-state index contributed by atoms with van der Waals surface area (Å²) in [5.74, 6) is 0.816. The lowest BCUT2D eigenvalue weighted by Crippen LogP contribution is -2.19. The smallest absolute Gasteiger partial charge is 0.195 e. The molecule has 31 heavy (non-hydrogen) atoms. The normalized spacial score (nSPS) is 10.5. The van der Waals surface area contributed by atoms with Crippen LogP contribution in [0.5, 0.6) is 5.75 Å². The minimum absolute atomic E-state index is 0. The highest BCUT2D eigenvalue weighted by Crippen LogP contribution is 2.27. The van der Waals surface area contributed by atoms with E-state index in [1.165, 1.54) is 12.8 Å². The highest BCUT2D eigenvalue weighted by Gasteiger charge is 2.16. The van der Waals surface area contributed by atoms with Crippen LogP contribution in [-0.4, -0.2) is 51.5 Å². The molecule has 0 N–H and O–H groups in total. The molecule has 0 bridgehead atoms. The van der Waals surface area contributed by atoms with Gasteiger partial charge in [-0.05, 0) is 62.8 Å². The predicted molar refractivity (Wildman–Crippen MR) is 137 cm³/mol. The minimum Gasteiger partial charge on any atom is -0.494 e. The molecule has 6 heteroatoms. The van der Waals surface area contributed by atoms with Gasteiger partial charge in [0.25, 0.3) is 0 Å². The third-order valence-electron chi connectivity index (χ3n) is 4.95. The van der Waals surface area contributed by atoms with Crippen molar-refractivity contribution in [2.75, 3.05) is 45.7 Å². The van der Waals surface area contributed by atoms with Crippen LogP contribution in [0.15, 0.2) is 59.6 Å². The number of benzene rings is 2. The van der Waals surface area contributed by atoms with Crippen LogP contribution < -0.4 is 9.64 Å². The predicted octanol–water partition coefficient (Wildman–Crippen LogP) is 6.22. The topological polar surface area (TPSA) is 32.8 Å². The number of likely N-dealkylation sites (N-methyl/N-ethyl adjacent to an activating group) is 1. The summed E-state index contributed by atoms with van der Waals surface area (Å²) >= 11 is 3.41. The Kier molecular flexibility index (Phi) is 12.5. The molecule has 0 aliphatic heterocycles. The van der Waals surface area contributed by atoms with E-state index < -0.39 is 0 Å². The second kappa shape index (κ2) is 14.3. The lowest BCUT2D eigenvalue weighted by molar-refractivity contribution is 0.103. The molecular formula is C25H34BrClN2O2. The number of rotatable bonds is 13. The molecule has 4 nitrogen and oxygen atoms in total. The van der Waals surface area contributed by atoms with E-state index in [-0.39, 0.29) is 18.2 Å². The third kappa shape index (κ3) is 9.06. The summed E-state index contributed by atoms with van der Waals surface area (Å²) in [5, 5.41) is 0. The Morgan fingerprint density at radius 1 is 1.03 bits per heavy atom. The van der Waals surface area contributed by atoms with Crippen LogP contribution in [-0.2, 0) is 0 Å². The summed E-state index contributed by atoms with van der Waals surface area (Å²) in [6.45, 7) is 6.50. The summed E-state index contributed by atoms with van der Waals surface area (Å²) in [6, 6.07) is 13.2. The van der Waals surface area contributed by atoms with E-state index in [9.17, 15) is 4.79 Å². The summed E-state index contributed by atoms with van der Waals surface area (Å²) in [4.78, 5) is 17.2. The van der Waals surface area contributed by atoms with Gasteiger partial charge in [0.15, 0.2) is 5.78 Å². The van der Waals surface area contributed by atoms with Gasteiger partial charge in [-0.25, -0.2) is 0 Å². The van der Waals surface area contributed by atoms with Crippen LogP contribution in [0.25, 0.3) is 0 Å². The van der Waals surface area contributed by atoms with E-state index in [4.69, 9.17) is 4.74 Å². The number of nitrogens with zero attached hydrogens (tertiary/aromatic N) is 2. The fourth-order valence-electron chi connectivity index (χ4n) is 3.26. The number of ether oxygens (including phenoxy) is 1. The maximum Gasteiger partial charge on any atom is 0.195 e. The van der Waals surface area contributed by atoms with Crippen molar-refractivity contribution in [3.05, 3.63) is 70.7 Å². The van der Waals surface area contributed by atoms with Crippen molar-refractivity contribution < 1.29 is 9.53 Å². The Bertz CT molecular complexity index is 825. The third-order valence-corrected chi connectivity index (χ3v) is 5.47. The molecule has 0 fully saturated rings. The zero-order valence-electron chi connectivity index (χ0n) is 18.8. The number of hydrogen-bond acceptors (Lipinski definition) is 4. The van der Waals surface area contributed by atoms with Crippen LogP contribution in [0.1, 0.15) is 41.6 Å². The second-order valence-electron chi connectivity index (χ2n) is 7.72. The Morgan fingerprint density at radius 2 is 1.71 bits per heavy atom. The quantitative estimate of drug-likeness (QED) is 0.182. The fraction of sp³-hybridized carbons (Fsp3) is 0.400. The molecule has 0 aliphatic carbocycles. The molecule has 0 atom stereocenters. The molecular weight excluding hydrogens is 476 g/mol. The molecule has 0 radical (unpaired) electrons. The number of anilines is 1. The number of carbonyl (C=O) groups excluding carboxylic acids is 1. The van der Waals surface area contributed by atoms with Crippen LogP contribution in [0, 0.1) is 0 Å². The van der Waals surface area contributed by atoms with Gasteiger partial charge in [0.1, 0.15) is 5.75 Å². The first-order valence-corrected chi connectivity index (χ1v) is 11.3. The Labute approximate surface area is 201 Å². The molecule has 2 rings (SSSR count). The van der Waals surface area contributed by atoms with Gasteiger partial charge in [-0.1, -0.05) is 34.8 Å². The zero-order chi connectivity index (χ0) is 21.9. The first kappa shape index (κ1) is 27.2. The first-order chi connectivity index (χ1) is 14.4. The molecule has 2 aromatic carbocycles. The minimum atomic E-state index is 0. The van der Waals surface area contributed by atoms with Gasteiger partial charge in [0.2, 0.25) is 0 Å². The Balaban J connectivity index is 0.00000480. The summed E-state index contributed by atoms with van der Waals surface area (Å²) < 4.78 is 6.91. The lowest BCUT2D eigenvalue weighted by Gasteiger charge is -2.18. The van der Waals surface area contributed by atoms with Crippen molar-refractivity contribution in [2.24, 2.45) is 0 Å². The molecule has 0 saturated carbocycles. The molecule has 2 aromatic rings. The van der Waals surface area contributed by atoms with Crippen LogP contribution >= 0.6 is 28.3 Å². The van der Waals surface area contributed by atoms with Crippen LogP contribution in [0.3, 0.4) is 0 Å². The summed E-state index contributed by atoms with van der Waals surface area (Å²) in [7, 11) is 6.01. The maximum absolute atomic E-state index is 13.0. The van der Waals surface area contributed by atoms with Gasteiger partial charge in [-0.3, -0.25) is 4.79 Å². The standard InChI is InChI=1S/C25H33BrN2O2.ClH/c1-5-16-28(4)17-8-6-7-9-18-30-22-14-15-23(24(19-22)27(2)3)25(29)20-10-12-21(26)13-11-20;/h5,10-15,19H,1,6-9,16-18H2,2-4H3;1H. The number of unbranched alkanes of at least 4 members (excludes halogenated alkanes) is 3. The lowest BCUT2D eigenvalue weighted by atomic mass is 10.0. The van der Waals surface area contributed by atoms with E-state index >= 15 is 0 Å². The van der Waals surface area contributed by atoms with Gasteiger partial charge in [0.05, 0.1) is 12.3 Å². The number of carbonyl (C=O) groups is 1. The largest absolute Gasteiger partial charge is 0.494 e. The summed E-state index contributed by atoms with van der Waals surface area (Å²) in [5.41, 5.74) is 2.22. The SMILES string of the molecule is C=CCN(C)CCCCCCOc1ccc(C(=O)c2ccc(Br)cc2)c(N(C)C)c1.Cl. The maximum atomic E-state index is 13.0. The molecule has 0 saturated heterocycles. The first-order valence-electron chi connectivity index (χ1n) is 10.5. The van der Waals surface area contributed by atoms with E-state index in [0.717, 1.165) is 41.8 Å².